The molecule has 0 aliphatic heterocycles. The van der Waals surface area contributed by atoms with Gasteiger partial charge in [-0.2, -0.15) is 0 Å². The summed E-state index contributed by atoms with van der Waals surface area (Å²) in [7, 11) is 0. The standard InChI is InChI=1S/C17H22N2O2/c1-10(2)17-18-8-15(14(9-20)19-17)21-16-12(4)7-6-11(3)13(16)5/h6-8,10,20H,9H2,1-5H3. The Balaban J connectivity index is 2.43. The summed E-state index contributed by atoms with van der Waals surface area (Å²) >= 11 is 0. The largest absolute Gasteiger partial charge is 0.453 e. The molecule has 0 radical (unpaired) electrons. The number of aliphatic hydroxyl groups is 1. The highest BCUT2D eigenvalue weighted by Crippen LogP contribution is 2.32. The quantitative estimate of drug-likeness (QED) is 0.928. The molecule has 0 atom stereocenters. The molecule has 4 nitrogen and oxygen atoms in total. The maximum atomic E-state index is 9.53. The van der Waals surface area contributed by atoms with Gasteiger partial charge in [0.25, 0.3) is 0 Å². The number of aromatic nitrogens is 2. The van der Waals surface area contributed by atoms with E-state index >= 15 is 0 Å². The number of rotatable bonds is 4. The summed E-state index contributed by atoms with van der Waals surface area (Å²) in [5, 5.41) is 9.53. The topological polar surface area (TPSA) is 55.2 Å². The molecule has 0 saturated heterocycles. The number of ether oxygens (including phenoxy) is 1. The second kappa shape index (κ2) is 6.22. The normalized spacial score (nSPS) is 11.0. The van der Waals surface area contributed by atoms with Gasteiger partial charge in [0.15, 0.2) is 5.75 Å². The second-order valence-corrected chi connectivity index (χ2v) is 5.61. The first-order chi connectivity index (χ1) is 9.93. The fourth-order valence-corrected chi connectivity index (χ4v) is 2.09. The van der Waals surface area contributed by atoms with Gasteiger partial charge in [-0.25, -0.2) is 9.97 Å². The summed E-state index contributed by atoms with van der Waals surface area (Å²) in [5.41, 5.74) is 3.83. The summed E-state index contributed by atoms with van der Waals surface area (Å²) in [6, 6.07) is 4.10. The van der Waals surface area contributed by atoms with E-state index in [2.05, 4.69) is 16.0 Å². The highest BCUT2D eigenvalue weighted by molar-refractivity contribution is 5.47. The van der Waals surface area contributed by atoms with E-state index in [1.807, 2.05) is 40.7 Å². The average Bonchev–Trinajstić information content (AvgIpc) is 2.47. The summed E-state index contributed by atoms with van der Waals surface area (Å²) in [6.07, 6.45) is 1.65. The molecular weight excluding hydrogens is 264 g/mol. The predicted molar refractivity (Wildman–Crippen MR) is 82.8 cm³/mol. The lowest BCUT2D eigenvalue weighted by Gasteiger charge is -2.16. The number of aliphatic hydroxyl groups excluding tert-OH is 1. The van der Waals surface area contributed by atoms with Crippen LogP contribution in [0.15, 0.2) is 18.3 Å². The van der Waals surface area contributed by atoms with Crippen molar-refractivity contribution in [3.63, 3.8) is 0 Å². The third-order valence-corrected chi connectivity index (χ3v) is 3.60. The Bertz CT molecular complexity index is 651. The molecule has 1 heterocycles. The minimum Gasteiger partial charge on any atom is -0.453 e. The zero-order chi connectivity index (χ0) is 15.6. The van der Waals surface area contributed by atoms with Gasteiger partial charge in [-0.05, 0) is 37.5 Å². The SMILES string of the molecule is Cc1ccc(C)c(Oc2cnc(C(C)C)nc2CO)c1C. The highest BCUT2D eigenvalue weighted by atomic mass is 16.5. The monoisotopic (exact) mass is 286 g/mol. The molecule has 4 heteroatoms. The third kappa shape index (κ3) is 3.22. The second-order valence-electron chi connectivity index (χ2n) is 5.61. The molecule has 1 aromatic carbocycles. The van der Waals surface area contributed by atoms with Gasteiger partial charge in [0.1, 0.15) is 17.3 Å². The number of nitrogens with zero attached hydrogens (tertiary/aromatic N) is 2. The van der Waals surface area contributed by atoms with Crippen molar-refractivity contribution in [3.8, 4) is 11.5 Å². The van der Waals surface area contributed by atoms with Crippen LogP contribution >= 0.6 is 0 Å². The van der Waals surface area contributed by atoms with Crippen LogP contribution in [0.4, 0.5) is 0 Å². The molecule has 112 valence electrons. The van der Waals surface area contributed by atoms with Gasteiger partial charge in [0.05, 0.1) is 12.8 Å². The lowest BCUT2D eigenvalue weighted by atomic mass is 10.1. The maximum Gasteiger partial charge on any atom is 0.169 e. The zero-order valence-electron chi connectivity index (χ0n) is 13.3. The van der Waals surface area contributed by atoms with Crippen LogP contribution in [0.25, 0.3) is 0 Å². The Hall–Kier alpha value is -1.94. The average molecular weight is 286 g/mol. The van der Waals surface area contributed by atoms with Crippen molar-refractivity contribution < 1.29 is 9.84 Å². The first-order valence-corrected chi connectivity index (χ1v) is 7.15. The first-order valence-electron chi connectivity index (χ1n) is 7.15. The van der Waals surface area contributed by atoms with Crippen LogP contribution in [-0.4, -0.2) is 15.1 Å². The minimum atomic E-state index is -0.165. The van der Waals surface area contributed by atoms with Crippen molar-refractivity contribution in [1.82, 2.24) is 9.97 Å². The highest BCUT2D eigenvalue weighted by Gasteiger charge is 2.14. The lowest BCUT2D eigenvalue weighted by Crippen LogP contribution is -2.04. The molecule has 1 aromatic heterocycles. The van der Waals surface area contributed by atoms with Crippen molar-refractivity contribution in [2.45, 2.75) is 47.1 Å². The van der Waals surface area contributed by atoms with Crippen LogP contribution in [0.3, 0.4) is 0 Å². The first kappa shape index (κ1) is 15.4. The van der Waals surface area contributed by atoms with Crippen LogP contribution in [0.5, 0.6) is 11.5 Å². The van der Waals surface area contributed by atoms with E-state index in [9.17, 15) is 5.11 Å². The summed E-state index contributed by atoms with van der Waals surface area (Å²) in [4.78, 5) is 8.70. The van der Waals surface area contributed by atoms with Gasteiger partial charge in [-0.15, -0.1) is 0 Å². The number of benzene rings is 1. The Morgan fingerprint density at radius 3 is 2.43 bits per heavy atom. The molecule has 2 rings (SSSR count). The Kier molecular flexibility index (Phi) is 4.58. The van der Waals surface area contributed by atoms with E-state index in [0.717, 1.165) is 16.9 Å². The molecule has 0 aliphatic carbocycles. The lowest BCUT2D eigenvalue weighted by molar-refractivity contribution is 0.269. The predicted octanol–water partition coefficient (Wildman–Crippen LogP) is 3.81. The Morgan fingerprint density at radius 2 is 1.81 bits per heavy atom. The zero-order valence-corrected chi connectivity index (χ0v) is 13.3. The summed E-state index contributed by atoms with van der Waals surface area (Å²) in [6.45, 7) is 9.95. The molecule has 0 fully saturated rings. The molecule has 0 unspecified atom stereocenters. The van der Waals surface area contributed by atoms with Gasteiger partial charge >= 0.3 is 0 Å². The fourth-order valence-electron chi connectivity index (χ4n) is 2.09. The van der Waals surface area contributed by atoms with Crippen LogP contribution in [0, 0.1) is 20.8 Å². The van der Waals surface area contributed by atoms with Crippen LogP contribution in [0.2, 0.25) is 0 Å². The smallest absolute Gasteiger partial charge is 0.169 e. The van der Waals surface area contributed by atoms with Gasteiger partial charge < -0.3 is 9.84 Å². The van der Waals surface area contributed by atoms with E-state index in [1.165, 1.54) is 5.56 Å². The number of aryl methyl sites for hydroxylation is 2. The van der Waals surface area contributed by atoms with Crippen molar-refractivity contribution in [2.75, 3.05) is 0 Å². The van der Waals surface area contributed by atoms with Crippen LogP contribution in [-0.2, 0) is 6.61 Å². The van der Waals surface area contributed by atoms with E-state index in [4.69, 9.17) is 4.74 Å². The fraction of sp³-hybridized carbons (Fsp3) is 0.412. The van der Waals surface area contributed by atoms with Gasteiger partial charge in [0.2, 0.25) is 0 Å². The molecule has 0 saturated carbocycles. The van der Waals surface area contributed by atoms with Crippen LogP contribution in [0.1, 0.15) is 48.0 Å². The van der Waals surface area contributed by atoms with Crippen molar-refractivity contribution in [2.24, 2.45) is 0 Å². The van der Waals surface area contributed by atoms with E-state index in [-0.39, 0.29) is 12.5 Å². The number of hydrogen-bond donors (Lipinski definition) is 1. The van der Waals surface area contributed by atoms with Gasteiger partial charge in [-0.1, -0.05) is 26.0 Å². The molecule has 0 aliphatic rings. The van der Waals surface area contributed by atoms with E-state index < -0.39 is 0 Å². The third-order valence-electron chi connectivity index (χ3n) is 3.60. The summed E-state index contributed by atoms with van der Waals surface area (Å²) in [5.74, 6) is 2.25. The van der Waals surface area contributed by atoms with Crippen molar-refractivity contribution in [3.05, 3.63) is 46.5 Å². The Labute approximate surface area is 125 Å². The maximum absolute atomic E-state index is 9.53. The molecule has 0 spiro atoms. The van der Waals surface area contributed by atoms with Gasteiger partial charge in [-0.3, -0.25) is 0 Å². The summed E-state index contributed by atoms with van der Waals surface area (Å²) < 4.78 is 5.99. The molecular formula is C17H22N2O2. The van der Waals surface area contributed by atoms with Crippen molar-refractivity contribution >= 4 is 0 Å². The molecule has 0 bridgehead atoms. The van der Waals surface area contributed by atoms with Gasteiger partial charge in [0, 0.05) is 5.92 Å². The van der Waals surface area contributed by atoms with Crippen LogP contribution < -0.4 is 4.74 Å². The molecule has 21 heavy (non-hydrogen) atoms. The van der Waals surface area contributed by atoms with E-state index in [0.29, 0.717) is 17.3 Å². The minimum absolute atomic E-state index is 0.165. The number of hydrogen-bond acceptors (Lipinski definition) is 4. The Morgan fingerprint density at radius 1 is 1.14 bits per heavy atom. The van der Waals surface area contributed by atoms with E-state index in [1.54, 1.807) is 6.20 Å². The van der Waals surface area contributed by atoms with Crippen molar-refractivity contribution in [1.29, 1.82) is 0 Å². The molecule has 0 amide bonds. The molecule has 2 aromatic rings. The molecule has 1 N–H and O–H groups in total.